The Morgan fingerprint density at radius 1 is 1.42 bits per heavy atom. The molecule has 0 saturated carbocycles. The van der Waals surface area contributed by atoms with Gasteiger partial charge in [0.15, 0.2) is 0 Å². The fraction of sp³-hybridized carbons (Fsp3) is 0.400. The number of aromatic hydroxyl groups is 1. The molecule has 2 heteroatoms. The van der Waals surface area contributed by atoms with E-state index >= 15 is 0 Å². The van der Waals surface area contributed by atoms with Gasteiger partial charge >= 0.3 is 0 Å². The molecule has 0 heterocycles. The summed E-state index contributed by atoms with van der Waals surface area (Å²) < 4.78 is 0. The van der Waals surface area contributed by atoms with Crippen molar-refractivity contribution in [2.75, 3.05) is 18.5 Å². The van der Waals surface area contributed by atoms with Gasteiger partial charge < -0.3 is 10.0 Å². The molecule has 0 aromatic heterocycles. The molecule has 0 spiro atoms. The van der Waals surface area contributed by atoms with E-state index in [2.05, 4.69) is 11.8 Å². The number of rotatable bonds is 2. The molecule has 0 fully saturated rings. The summed E-state index contributed by atoms with van der Waals surface area (Å²) in [5.74, 6) is 0.330. The van der Waals surface area contributed by atoms with Gasteiger partial charge in [-0.3, -0.25) is 0 Å². The molecular weight excluding hydrogens is 150 g/mol. The molecular formula is C10H15NO. The Hall–Kier alpha value is -1.18. The molecule has 1 aromatic rings. The van der Waals surface area contributed by atoms with Crippen LogP contribution in [0.3, 0.4) is 0 Å². The molecule has 0 aliphatic carbocycles. The van der Waals surface area contributed by atoms with E-state index in [0.717, 1.165) is 12.2 Å². The third-order valence-corrected chi connectivity index (χ3v) is 2.08. The Morgan fingerprint density at radius 2 is 2.08 bits per heavy atom. The van der Waals surface area contributed by atoms with Crippen LogP contribution in [0.4, 0.5) is 5.69 Å². The van der Waals surface area contributed by atoms with Crippen LogP contribution in [-0.4, -0.2) is 18.7 Å². The van der Waals surface area contributed by atoms with Crippen LogP contribution in [0, 0.1) is 6.92 Å². The van der Waals surface area contributed by atoms with Gasteiger partial charge in [-0.25, -0.2) is 0 Å². The molecule has 0 atom stereocenters. The van der Waals surface area contributed by atoms with Crippen molar-refractivity contribution in [3.8, 4) is 5.75 Å². The van der Waals surface area contributed by atoms with E-state index in [4.69, 9.17) is 0 Å². The van der Waals surface area contributed by atoms with Crippen LogP contribution in [0.25, 0.3) is 0 Å². The van der Waals surface area contributed by atoms with Crippen LogP contribution >= 0.6 is 0 Å². The number of phenols is 1. The molecule has 0 bridgehead atoms. The molecule has 12 heavy (non-hydrogen) atoms. The van der Waals surface area contributed by atoms with Crippen LogP contribution in [-0.2, 0) is 0 Å². The molecule has 0 amide bonds. The molecule has 0 aliphatic rings. The van der Waals surface area contributed by atoms with Gasteiger partial charge in [0.05, 0.1) is 0 Å². The lowest BCUT2D eigenvalue weighted by atomic mass is 10.2. The average molecular weight is 165 g/mol. The number of anilines is 1. The zero-order chi connectivity index (χ0) is 9.14. The molecule has 1 aromatic carbocycles. The first kappa shape index (κ1) is 8.91. The minimum Gasteiger partial charge on any atom is -0.508 e. The van der Waals surface area contributed by atoms with Crippen molar-refractivity contribution in [2.45, 2.75) is 13.8 Å². The highest BCUT2D eigenvalue weighted by Gasteiger charge is 2.02. The summed E-state index contributed by atoms with van der Waals surface area (Å²) in [6.45, 7) is 5.08. The fourth-order valence-electron chi connectivity index (χ4n) is 1.18. The maximum atomic E-state index is 9.26. The predicted molar refractivity (Wildman–Crippen MR) is 51.8 cm³/mol. The Morgan fingerprint density at radius 3 is 2.67 bits per heavy atom. The Bertz CT molecular complexity index is 271. The summed E-state index contributed by atoms with van der Waals surface area (Å²) in [7, 11) is 2.02. The predicted octanol–water partition coefficient (Wildman–Crippen LogP) is 2.16. The van der Waals surface area contributed by atoms with Gasteiger partial charge in [0.2, 0.25) is 0 Å². The van der Waals surface area contributed by atoms with E-state index in [1.54, 1.807) is 12.1 Å². The summed E-state index contributed by atoms with van der Waals surface area (Å²) in [6, 6.07) is 5.43. The third-order valence-electron chi connectivity index (χ3n) is 2.08. The average Bonchev–Trinajstić information content (AvgIpc) is 2.08. The summed E-state index contributed by atoms with van der Waals surface area (Å²) in [6.07, 6.45) is 0. The maximum absolute atomic E-state index is 9.26. The van der Waals surface area contributed by atoms with Crippen LogP contribution in [0.15, 0.2) is 18.2 Å². The third kappa shape index (κ3) is 1.70. The lowest BCUT2D eigenvalue weighted by Gasteiger charge is -2.19. The SMILES string of the molecule is CCN(C)c1cc(O)ccc1C. The highest BCUT2D eigenvalue weighted by molar-refractivity contribution is 5.55. The van der Waals surface area contributed by atoms with E-state index in [9.17, 15) is 5.11 Å². The minimum absolute atomic E-state index is 0.330. The molecule has 0 saturated heterocycles. The smallest absolute Gasteiger partial charge is 0.117 e. The minimum atomic E-state index is 0.330. The van der Waals surface area contributed by atoms with E-state index in [0.29, 0.717) is 5.75 Å². The fourth-order valence-corrected chi connectivity index (χ4v) is 1.18. The van der Waals surface area contributed by atoms with Crippen LogP contribution in [0.5, 0.6) is 5.75 Å². The Labute approximate surface area is 73.4 Å². The largest absolute Gasteiger partial charge is 0.508 e. The molecule has 1 N–H and O–H groups in total. The Balaban J connectivity index is 3.04. The quantitative estimate of drug-likeness (QED) is 0.725. The van der Waals surface area contributed by atoms with Crippen molar-refractivity contribution in [2.24, 2.45) is 0 Å². The van der Waals surface area contributed by atoms with Crippen molar-refractivity contribution in [3.63, 3.8) is 0 Å². The second-order valence-corrected chi connectivity index (χ2v) is 2.98. The van der Waals surface area contributed by atoms with Crippen LogP contribution in [0.2, 0.25) is 0 Å². The first-order chi connectivity index (χ1) is 5.65. The maximum Gasteiger partial charge on any atom is 0.117 e. The molecule has 0 aliphatic heterocycles. The highest BCUT2D eigenvalue weighted by Crippen LogP contribution is 2.23. The number of phenolic OH excluding ortho intramolecular Hbond substituents is 1. The zero-order valence-corrected chi connectivity index (χ0v) is 7.83. The lowest BCUT2D eigenvalue weighted by Crippen LogP contribution is -2.16. The summed E-state index contributed by atoms with van der Waals surface area (Å²) in [5, 5.41) is 9.26. The number of hydrogen-bond donors (Lipinski definition) is 1. The van der Waals surface area contributed by atoms with Crippen LogP contribution < -0.4 is 4.90 Å². The molecule has 66 valence electrons. The van der Waals surface area contributed by atoms with E-state index in [1.807, 2.05) is 20.0 Å². The highest BCUT2D eigenvalue weighted by atomic mass is 16.3. The topological polar surface area (TPSA) is 23.5 Å². The summed E-state index contributed by atoms with van der Waals surface area (Å²) in [5.41, 5.74) is 2.29. The van der Waals surface area contributed by atoms with Gasteiger partial charge in [-0.2, -0.15) is 0 Å². The number of benzene rings is 1. The van der Waals surface area contributed by atoms with Gasteiger partial charge in [0.1, 0.15) is 5.75 Å². The van der Waals surface area contributed by atoms with Crippen molar-refractivity contribution in [1.82, 2.24) is 0 Å². The van der Waals surface area contributed by atoms with E-state index in [1.165, 1.54) is 5.56 Å². The van der Waals surface area contributed by atoms with Gasteiger partial charge in [-0.15, -0.1) is 0 Å². The number of aryl methyl sites for hydroxylation is 1. The van der Waals surface area contributed by atoms with Crippen molar-refractivity contribution < 1.29 is 5.11 Å². The molecule has 1 rings (SSSR count). The van der Waals surface area contributed by atoms with Crippen molar-refractivity contribution in [3.05, 3.63) is 23.8 Å². The van der Waals surface area contributed by atoms with Crippen molar-refractivity contribution in [1.29, 1.82) is 0 Å². The first-order valence-electron chi connectivity index (χ1n) is 4.16. The number of hydrogen-bond acceptors (Lipinski definition) is 2. The standard InChI is InChI=1S/C10H15NO/c1-4-11(3)10-7-9(12)6-5-8(10)2/h5-7,12H,4H2,1-3H3. The molecule has 0 unspecified atom stereocenters. The number of nitrogens with zero attached hydrogens (tertiary/aromatic N) is 1. The van der Waals surface area contributed by atoms with Gasteiger partial charge in [0.25, 0.3) is 0 Å². The van der Waals surface area contributed by atoms with Gasteiger partial charge in [0, 0.05) is 25.3 Å². The second kappa shape index (κ2) is 3.48. The molecule has 0 radical (unpaired) electrons. The van der Waals surface area contributed by atoms with Gasteiger partial charge in [-0.1, -0.05) is 6.07 Å². The van der Waals surface area contributed by atoms with Crippen LogP contribution in [0.1, 0.15) is 12.5 Å². The second-order valence-electron chi connectivity index (χ2n) is 2.98. The zero-order valence-electron chi connectivity index (χ0n) is 7.83. The normalized spacial score (nSPS) is 9.92. The Kier molecular flexibility index (Phi) is 2.58. The monoisotopic (exact) mass is 165 g/mol. The first-order valence-corrected chi connectivity index (χ1v) is 4.16. The summed E-state index contributed by atoms with van der Waals surface area (Å²) in [4.78, 5) is 2.11. The van der Waals surface area contributed by atoms with E-state index in [-0.39, 0.29) is 0 Å². The lowest BCUT2D eigenvalue weighted by molar-refractivity contribution is 0.475. The van der Waals surface area contributed by atoms with Crippen molar-refractivity contribution >= 4 is 5.69 Å². The molecule has 2 nitrogen and oxygen atoms in total. The van der Waals surface area contributed by atoms with E-state index < -0.39 is 0 Å². The summed E-state index contributed by atoms with van der Waals surface area (Å²) >= 11 is 0. The van der Waals surface area contributed by atoms with Gasteiger partial charge in [-0.05, 0) is 25.5 Å².